The molecule has 1 fully saturated rings. The van der Waals surface area contributed by atoms with Gasteiger partial charge in [0.15, 0.2) is 0 Å². The van der Waals surface area contributed by atoms with Crippen LogP contribution < -0.4 is 4.52 Å². The number of nitro benzene ring substituents is 1. The minimum absolute atomic E-state index is 0.0602. The Labute approximate surface area is 165 Å². The lowest BCUT2D eigenvalue weighted by Crippen LogP contribution is -2.04. The molecule has 1 heterocycles. The first-order valence-corrected chi connectivity index (χ1v) is 11.6. The Morgan fingerprint density at radius 1 is 0.893 bits per heavy atom. The molecule has 0 N–H and O–H groups in total. The van der Waals surface area contributed by atoms with E-state index in [4.69, 9.17) is 9.05 Å². The quantitative estimate of drug-likeness (QED) is 0.276. The van der Waals surface area contributed by atoms with E-state index in [1.54, 1.807) is 0 Å². The third-order valence-electron chi connectivity index (χ3n) is 4.28. The van der Waals surface area contributed by atoms with Crippen LogP contribution in [0.5, 0.6) is 5.75 Å². The highest BCUT2D eigenvalue weighted by molar-refractivity contribution is 8.55. The molecule has 3 atom stereocenters. The third-order valence-corrected chi connectivity index (χ3v) is 8.14. The number of rotatable bonds is 5. The van der Waals surface area contributed by atoms with Crippen LogP contribution in [0.25, 0.3) is 0 Å². The third kappa shape index (κ3) is 3.97. The SMILES string of the molecule is O=[N+]([O-])c1ccc(OP2(=O)O[C@H](c3ccccc3)[C@H](c3ccccc3)S2)cc1. The highest BCUT2D eigenvalue weighted by Gasteiger charge is 2.48. The fourth-order valence-corrected chi connectivity index (χ4v) is 7.32. The first-order valence-electron chi connectivity index (χ1n) is 8.55. The largest absolute Gasteiger partial charge is 0.441 e. The molecular weight excluding hydrogens is 397 g/mol. The maximum absolute atomic E-state index is 13.4. The van der Waals surface area contributed by atoms with Gasteiger partial charge in [0.2, 0.25) is 0 Å². The van der Waals surface area contributed by atoms with Gasteiger partial charge in [0.25, 0.3) is 5.69 Å². The van der Waals surface area contributed by atoms with E-state index in [-0.39, 0.29) is 16.7 Å². The van der Waals surface area contributed by atoms with Crippen molar-refractivity contribution in [2.24, 2.45) is 0 Å². The van der Waals surface area contributed by atoms with Gasteiger partial charge >= 0.3 is 6.80 Å². The van der Waals surface area contributed by atoms with Crippen molar-refractivity contribution in [1.82, 2.24) is 0 Å². The maximum Gasteiger partial charge on any atom is 0.441 e. The molecule has 6 nitrogen and oxygen atoms in total. The lowest BCUT2D eigenvalue weighted by molar-refractivity contribution is -0.384. The van der Waals surface area contributed by atoms with Crippen molar-refractivity contribution in [2.45, 2.75) is 11.4 Å². The highest BCUT2D eigenvalue weighted by atomic mass is 32.7. The van der Waals surface area contributed by atoms with E-state index in [2.05, 4.69) is 0 Å². The molecule has 142 valence electrons. The van der Waals surface area contributed by atoms with Crippen LogP contribution in [0.15, 0.2) is 84.9 Å². The van der Waals surface area contributed by atoms with Crippen LogP contribution in [0.1, 0.15) is 22.5 Å². The van der Waals surface area contributed by atoms with E-state index in [9.17, 15) is 14.7 Å². The summed E-state index contributed by atoms with van der Waals surface area (Å²) in [5, 5.41) is 10.6. The molecule has 0 spiro atoms. The van der Waals surface area contributed by atoms with E-state index in [0.29, 0.717) is 0 Å². The molecule has 8 heteroatoms. The summed E-state index contributed by atoms with van der Waals surface area (Å²) < 4.78 is 25.0. The minimum atomic E-state index is -3.53. The van der Waals surface area contributed by atoms with E-state index in [1.807, 2.05) is 60.7 Å². The summed E-state index contributed by atoms with van der Waals surface area (Å²) in [7, 11) is 0. The smallest absolute Gasteiger partial charge is 0.417 e. The first kappa shape index (κ1) is 18.7. The zero-order chi connectivity index (χ0) is 19.6. The topological polar surface area (TPSA) is 78.7 Å². The molecule has 0 radical (unpaired) electrons. The van der Waals surface area contributed by atoms with Gasteiger partial charge in [0, 0.05) is 12.1 Å². The van der Waals surface area contributed by atoms with Gasteiger partial charge in [-0.05, 0) is 34.6 Å². The molecule has 1 unspecified atom stereocenters. The number of hydrogen-bond donors (Lipinski definition) is 0. The van der Waals surface area contributed by atoms with Crippen LogP contribution in [-0.2, 0) is 9.09 Å². The number of hydrogen-bond acceptors (Lipinski definition) is 6. The lowest BCUT2D eigenvalue weighted by atomic mass is 10.0. The summed E-state index contributed by atoms with van der Waals surface area (Å²) in [5.41, 5.74) is 1.84. The van der Waals surface area contributed by atoms with Gasteiger partial charge in [-0.3, -0.25) is 14.6 Å². The molecule has 4 rings (SSSR count). The Balaban J connectivity index is 1.63. The molecule has 0 amide bonds. The Morgan fingerprint density at radius 3 is 2.04 bits per heavy atom. The second-order valence-corrected chi connectivity index (χ2v) is 10.1. The van der Waals surface area contributed by atoms with Crippen molar-refractivity contribution in [3.8, 4) is 5.75 Å². The Kier molecular flexibility index (Phi) is 5.22. The van der Waals surface area contributed by atoms with Crippen LogP contribution in [0.4, 0.5) is 5.69 Å². The average molecular weight is 413 g/mol. The minimum Gasteiger partial charge on any atom is -0.417 e. The molecule has 1 aliphatic heterocycles. The number of benzene rings is 3. The van der Waals surface area contributed by atoms with Crippen molar-refractivity contribution in [3.63, 3.8) is 0 Å². The van der Waals surface area contributed by atoms with Gasteiger partial charge in [-0.15, -0.1) is 0 Å². The Bertz CT molecular complexity index is 962. The fourth-order valence-electron chi connectivity index (χ4n) is 2.97. The van der Waals surface area contributed by atoms with Crippen molar-refractivity contribution in [1.29, 1.82) is 0 Å². The molecule has 0 aliphatic carbocycles. The van der Waals surface area contributed by atoms with Crippen molar-refractivity contribution < 1.29 is 18.5 Å². The molecule has 1 saturated heterocycles. The van der Waals surface area contributed by atoms with Gasteiger partial charge < -0.3 is 4.52 Å². The molecule has 0 saturated carbocycles. The van der Waals surface area contributed by atoms with Crippen molar-refractivity contribution >= 4 is 23.9 Å². The summed E-state index contributed by atoms with van der Waals surface area (Å²) in [5.74, 6) is 0.266. The van der Waals surface area contributed by atoms with Gasteiger partial charge in [-0.25, -0.2) is 4.57 Å². The first-order chi connectivity index (χ1) is 13.5. The molecule has 1 aliphatic rings. The van der Waals surface area contributed by atoms with Gasteiger partial charge in [-0.1, -0.05) is 60.7 Å². The molecule has 3 aromatic rings. The van der Waals surface area contributed by atoms with E-state index in [1.165, 1.54) is 24.3 Å². The standard InChI is InChI=1S/C20H16NO5PS/c22-21(23)17-11-13-18(14-12-17)25-27(24)26-19(15-7-3-1-4-8-15)20(28-27)16-9-5-2-6-10-16/h1-14,19-20H/t19-,20+,27?/m1/s1. The monoisotopic (exact) mass is 413 g/mol. The van der Waals surface area contributed by atoms with E-state index < -0.39 is 17.8 Å². The van der Waals surface area contributed by atoms with Crippen LogP contribution in [0, 0.1) is 10.1 Å². The van der Waals surface area contributed by atoms with Crippen LogP contribution >= 0.6 is 18.2 Å². The zero-order valence-electron chi connectivity index (χ0n) is 14.6. The Morgan fingerprint density at radius 2 is 1.46 bits per heavy atom. The second kappa shape index (κ2) is 7.80. The number of nitro groups is 1. The molecule has 0 aromatic heterocycles. The highest BCUT2D eigenvalue weighted by Crippen LogP contribution is 2.76. The summed E-state index contributed by atoms with van der Waals surface area (Å²) >= 11 is 1.15. The zero-order valence-corrected chi connectivity index (χ0v) is 16.3. The van der Waals surface area contributed by atoms with Gasteiger partial charge in [0.05, 0.1) is 10.2 Å². The van der Waals surface area contributed by atoms with E-state index in [0.717, 1.165) is 22.5 Å². The fraction of sp³-hybridized carbons (Fsp3) is 0.100. The van der Waals surface area contributed by atoms with Crippen LogP contribution in [0.3, 0.4) is 0 Å². The summed E-state index contributed by atoms with van der Waals surface area (Å²) in [6.07, 6.45) is -0.433. The number of nitrogens with zero attached hydrogens (tertiary/aromatic N) is 1. The summed E-state index contributed by atoms with van der Waals surface area (Å²) in [4.78, 5) is 10.3. The average Bonchev–Trinajstić information content (AvgIpc) is 3.07. The van der Waals surface area contributed by atoms with E-state index >= 15 is 0 Å². The molecule has 3 aromatic carbocycles. The predicted octanol–water partition coefficient (Wildman–Crippen LogP) is 6.33. The number of non-ortho nitro benzene ring substituents is 1. The van der Waals surface area contributed by atoms with Crippen LogP contribution in [0.2, 0.25) is 0 Å². The maximum atomic E-state index is 13.4. The van der Waals surface area contributed by atoms with Gasteiger partial charge in [0.1, 0.15) is 11.9 Å². The Hall–Kier alpha value is -2.60. The molecular formula is C20H16NO5PS. The lowest BCUT2D eigenvalue weighted by Gasteiger charge is -2.17. The van der Waals surface area contributed by atoms with Crippen molar-refractivity contribution in [2.75, 3.05) is 0 Å². The predicted molar refractivity (Wildman–Crippen MR) is 108 cm³/mol. The van der Waals surface area contributed by atoms with Crippen LogP contribution in [-0.4, -0.2) is 4.92 Å². The van der Waals surface area contributed by atoms with Gasteiger partial charge in [-0.2, -0.15) is 0 Å². The molecule has 28 heavy (non-hydrogen) atoms. The second-order valence-electron chi connectivity index (χ2n) is 6.16. The normalized spacial score (nSPS) is 24.0. The summed E-state index contributed by atoms with van der Waals surface area (Å²) in [6, 6.07) is 24.8. The summed E-state index contributed by atoms with van der Waals surface area (Å²) in [6.45, 7) is -3.53. The molecule has 0 bridgehead atoms. The van der Waals surface area contributed by atoms with Crippen molar-refractivity contribution in [3.05, 3.63) is 106 Å².